The fourth-order valence-corrected chi connectivity index (χ4v) is 1.97. The molecule has 0 aliphatic heterocycles. The Morgan fingerprint density at radius 3 is 2.21 bits per heavy atom. The molecule has 2 N–H and O–H groups in total. The summed E-state index contributed by atoms with van der Waals surface area (Å²) in [6.07, 6.45) is -1.24. The summed E-state index contributed by atoms with van der Waals surface area (Å²) < 4.78 is 34.5. The van der Waals surface area contributed by atoms with Crippen LogP contribution in [0.5, 0.6) is 0 Å². The summed E-state index contributed by atoms with van der Waals surface area (Å²) in [5.41, 5.74) is -0.145. The number of alkyl halides is 1. The molecule has 0 aliphatic rings. The van der Waals surface area contributed by atoms with E-state index < -0.39 is 6.17 Å². The Morgan fingerprint density at radius 1 is 1.00 bits per heavy atom. The highest BCUT2D eigenvalue weighted by Gasteiger charge is 2.11. The van der Waals surface area contributed by atoms with Gasteiger partial charge in [-0.3, -0.25) is 9.59 Å². The lowest BCUT2D eigenvalue weighted by atomic mass is 10.2. The van der Waals surface area contributed by atoms with Gasteiger partial charge in [-0.15, -0.1) is 11.7 Å². The van der Waals surface area contributed by atoms with Crippen molar-refractivity contribution in [3.63, 3.8) is 0 Å². The lowest BCUT2D eigenvalue weighted by molar-refractivity contribution is -0.126. The van der Waals surface area contributed by atoms with Crippen LogP contribution in [0.1, 0.15) is 20.8 Å². The summed E-state index contributed by atoms with van der Waals surface area (Å²) in [6, 6.07) is 0. The van der Waals surface area contributed by atoms with Crippen molar-refractivity contribution in [3.8, 4) is 0 Å². The van der Waals surface area contributed by atoms with Gasteiger partial charge in [-0.2, -0.15) is 0 Å². The number of carbonyl (C=O) groups excluding carboxylic acids is 2. The minimum atomic E-state index is -1.24. The Labute approximate surface area is 175 Å². The first-order valence-corrected chi connectivity index (χ1v) is 11.1. The first-order chi connectivity index (χ1) is 13.4. The summed E-state index contributed by atoms with van der Waals surface area (Å²) in [7, 11) is 1.23. The van der Waals surface area contributed by atoms with E-state index in [0.717, 1.165) is 0 Å². The number of thiol groups is 1. The molecule has 0 rings (SSSR count). The van der Waals surface area contributed by atoms with Gasteiger partial charge < -0.3 is 29.6 Å². The predicted octanol–water partition coefficient (Wildman–Crippen LogP) is 1.20. The van der Waals surface area contributed by atoms with E-state index in [9.17, 15) is 14.0 Å². The third-order valence-corrected chi connectivity index (χ3v) is 4.55. The number of hydrogen-bond acceptors (Lipinski definition) is 8. The minimum Gasteiger partial charge on any atom is -0.377 e. The van der Waals surface area contributed by atoms with Gasteiger partial charge in [0.05, 0.1) is 46.2 Å². The zero-order chi connectivity index (χ0) is 21.2. The molecule has 0 aromatic carbocycles. The van der Waals surface area contributed by atoms with Crippen LogP contribution in [-0.4, -0.2) is 82.8 Å². The zero-order valence-electron chi connectivity index (χ0n) is 16.8. The SMILES string of the molecule is CC(OCC(=O)NCCOCCOCCOCC(F)CNC(=O)C(C)C)SS. The van der Waals surface area contributed by atoms with Crippen molar-refractivity contribution in [2.45, 2.75) is 32.4 Å². The van der Waals surface area contributed by atoms with Crippen molar-refractivity contribution in [2.75, 3.05) is 59.3 Å². The number of amides is 2. The van der Waals surface area contributed by atoms with Gasteiger partial charge in [-0.05, 0) is 6.92 Å². The maximum absolute atomic E-state index is 13.5. The lowest BCUT2D eigenvalue weighted by Gasteiger charge is -2.12. The largest absolute Gasteiger partial charge is 0.377 e. The van der Waals surface area contributed by atoms with Crippen LogP contribution in [0.3, 0.4) is 0 Å². The van der Waals surface area contributed by atoms with E-state index in [2.05, 4.69) is 22.3 Å². The molecular weight excluding hydrogens is 411 g/mol. The van der Waals surface area contributed by atoms with E-state index in [0.29, 0.717) is 33.0 Å². The lowest BCUT2D eigenvalue weighted by Crippen LogP contribution is -2.35. The Hall–Kier alpha value is -0.590. The van der Waals surface area contributed by atoms with Crippen molar-refractivity contribution >= 4 is 34.3 Å². The maximum Gasteiger partial charge on any atom is 0.246 e. The molecule has 0 aromatic rings. The number of halogens is 1. The van der Waals surface area contributed by atoms with Gasteiger partial charge >= 0.3 is 0 Å². The van der Waals surface area contributed by atoms with Crippen LogP contribution in [0, 0.1) is 5.92 Å². The number of hydrogen-bond donors (Lipinski definition) is 3. The van der Waals surface area contributed by atoms with Crippen LogP contribution in [0.15, 0.2) is 0 Å². The van der Waals surface area contributed by atoms with Gasteiger partial charge in [0, 0.05) is 12.5 Å². The first kappa shape index (κ1) is 27.4. The molecule has 0 saturated carbocycles. The second-order valence-corrected chi connectivity index (χ2v) is 7.64. The highest BCUT2D eigenvalue weighted by atomic mass is 33.1. The van der Waals surface area contributed by atoms with Gasteiger partial charge in [0.1, 0.15) is 18.2 Å². The third kappa shape index (κ3) is 17.5. The van der Waals surface area contributed by atoms with Crippen molar-refractivity contribution < 1.29 is 32.9 Å². The fourth-order valence-electron chi connectivity index (χ4n) is 1.66. The van der Waals surface area contributed by atoms with Crippen LogP contribution in [0.2, 0.25) is 0 Å². The monoisotopic (exact) mass is 444 g/mol. The van der Waals surface area contributed by atoms with E-state index in [4.69, 9.17) is 18.9 Å². The van der Waals surface area contributed by atoms with Crippen LogP contribution in [0.4, 0.5) is 4.39 Å². The van der Waals surface area contributed by atoms with Crippen molar-refractivity contribution in [3.05, 3.63) is 0 Å². The Balaban J connectivity index is 3.33. The molecule has 28 heavy (non-hydrogen) atoms. The van der Waals surface area contributed by atoms with Crippen molar-refractivity contribution in [1.82, 2.24) is 10.6 Å². The maximum atomic E-state index is 13.5. The second kappa shape index (κ2) is 18.4. The molecule has 8 nitrogen and oxygen atoms in total. The number of ether oxygens (including phenoxy) is 4. The van der Waals surface area contributed by atoms with E-state index in [1.165, 1.54) is 10.8 Å². The molecule has 0 aliphatic carbocycles. The van der Waals surface area contributed by atoms with Crippen molar-refractivity contribution in [2.24, 2.45) is 5.92 Å². The summed E-state index contributed by atoms with van der Waals surface area (Å²) in [4.78, 5) is 22.7. The van der Waals surface area contributed by atoms with Crippen LogP contribution >= 0.6 is 22.5 Å². The predicted molar refractivity (Wildman–Crippen MR) is 110 cm³/mol. The van der Waals surface area contributed by atoms with Crippen LogP contribution in [0.25, 0.3) is 0 Å². The van der Waals surface area contributed by atoms with Gasteiger partial charge in [0.25, 0.3) is 0 Å². The number of nitrogens with one attached hydrogen (secondary N) is 2. The highest BCUT2D eigenvalue weighted by Crippen LogP contribution is 2.14. The van der Waals surface area contributed by atoms with E-state index in [1.54, 1.807) is 13.8 Å². The minimum absolute atomic E-state index is 0.0122. The molecule has 2 unspecified atom stereocenters. The second-order valence-electron chi connectivity index (χ2n) is 6.13. The molecule has 0 fully saturated rings. The van der Waals surface area contributed by atoms with Gasteiger partial charge in [0.2, 0.25) is 11.8 Å². The van der Waals surface area contributed by atoms with E-state index >= 15 is 0 Å². The molecule has 0 saturated heterocycles. The van der Waals surface area contributed by atoms with Crippen LogP contribution in [-0.2, 0) is 28.5 Å². The molecule has 0 heterocycles. The summed E-state index contributed by atoms with van der Waals surface area (Å²) in [5, 5.41) is 5.18. The molecular formula is C17H33FN2O6S2. The topological polar surface area (TPSA) is 95.1 Å². The number of rotatable bonds is 18. The summed E-state index contributed by atoms with van der Waals surface area (Å²) in [5.74, 6) is -0.553. The smallest absolute Gasteiger partial charge is 0.246 e. The quantitative estimate of drug-likeness (QED) is 0.127. The average Bonchev–Trinajstić information content (AvgIpc) is 2.67. The van der Waals surface area contributed by atoms with Gasteiger partial charge in [-0.1, -0.05) is 24.6 Å². The molecule has 0 bridgehead atoms. The van der Waals surface area contributed by atoms with Crippen molar-refractivity contribution in [1.29, 1.82) is 0 Å². The molecule has 0 radical (unpaired) electrons. The Bertz CT molecular complexity index is 421. The van der Waals surface area contributed by atoms with E-state index in [-0.39, 0.29) is 49.5 Å². The normalized spacial score (nSPS) is 13.4. The first-order valence-electron chi connectivity index (χ1n) is 9.20. The zero-order valence-corrected chi connectivity index (χ0v) is 18.5. The summed E-state index contributed by atoms with van der Waals surface area (Å²) in [6.45, 7) is 7.24. The summed E-state index contributed by atoms with van der Waals surface area (Å²) >= 11 is 3.98. The van der Waals surface area contributed by atoms with Gasteiger partial charge in [0.15, 0.2) is 0 Å². The third-order valence-electron chi connectivity index (χ3n) is 3.23. The standard InChI is InChI=1S/C17H33FN2O6S2/c1-13(2)17(22)20-10-15(18)11-25-9-8-24-7-6-23-5-4-19-16(21)12-26-14(3)28-27/h13-15,27H,4-12H2,1-3H3,(H,19,21)(H,20,22). The van der Waals surface area contributed by atoms with E-state index in [1.807, 2.05) is 6.92 Å². The van der Waals surface area contributed by atoms with Crippen LogP contribution < -0.4 is 10.6 Å². The molecule has 2 atom stereocenters. The average molecular weight is 445 g/mol. The Kier molecular flexibility index (Phi) is 18.1. The fraction of sp³-hybridized carbons (Fsp3) is 0.882. The molecule has 0 spiro atoms. The molecule has 11 heteroatoms. The Morgan fingerprint density at radius 2 is 1.61 bits per heavy atom. The number of carbonyl (C=O) groups is 2. The molecule has 2 amide bonds. The molecule has 0 aromatic heterocycles. The molecule has 166 valence electrons. The van der Waals surface area contributed by atoms with Gasteiger partial charge in [-0.25, -0.2) is 4.39 Å². The highest BCUT2D eigenvalue weighted by molar-refractivity contribution is 8.68.